The molecule has 4 aliphatic rings. The third-order valence-corrected chi connectivity index (χ3v) is 9.32. The average molecular weight is 651 g/mol. The van der Waals surface area contributed by atoms with Crippen LogP contribution >= 0.6 is 15.6 Å². The van der Waals surface area contributed by atoms with E-state index in [1.165, 1.54) is 88.1 Å². The van der Waals surface area contributed by atoms with Crippen LogP contribution in [-0.4, -0.2) is 111 Å². The molecule has 0 saturated carbocycles. The molecule has 0 amide bonds. The number of nitrogens with zero attached hydrogens (tertiary/aromatic N) is 4. The van der Waals surface area contributed by atoms with E-state index in [-0.39, 0.29) is 11.6 Å². The van der Waals surface area contributed by atoms with Gasteiger partial charge in [-0.2, -0.15) is 0 Å². The molecule has 3 aliphatic heterocycles. The minimum atomic E-state index is -5.30. The van der Waals surface area contributed by atoms with Gasteiger partial charge in [0, 0.05) is 45.3 Å². The van der Waals surface area contributed by atoms with Crippen molar-refractivity contribution in [1.82, 2.24) is 14.7 Å². The van der Waals surface area contributed by atoms with Crippen molar-refractivity contribution in [3.63, 3.8) is 0 Å². The van der Waals surface area contributed by atoms with Crippen molar-refractivity contribution in [3.05, 3.63) is 23.2 Å². The molecule has 15 heteroatoms. The molecule has 1 aliphatic carbocycles. The van der Waals surface area contributed by atoms with Gasteiger partial charge >= 0.3 is 7.82 Å². The van der Waals surface area contributed by atoms with Crippen molar-refractivity contribution >= 4 is 27.2 Å². The van der Waals surface area contributed by atoms with Crippen molar-refractivity contribution in [2.24, 2.45) is 0 Å². The summed E-state index contributed by atoms with van der Waals surface area (Å²) in [5, 5.41) is 0. The molecule has 4 rings (SSSR count). The zero-order valence-corrected chi connectivity index (χ0v) is 28.1. The predicted molar refractivity (Wildman–Crippen MR) is 162 cm³/mol. The first kappa shape index (κ1) is 37.6. The van der Waals surface area contributed by atoms with Gasteiger partial charge in [-0.3, -0.25) is 14.2 Å². The quantitative estimate of drug-likeness (QED) is 0.0912. The molecule has 1 atom stereocenters. The second kappa shape index (κ2) is 17.2. The third kappa shape index (κ3) is 14.0. The van der Waals surface area contributed by atoms with Crippen molar-refractivity contribution in [2.75, 3.05) is 65.4 Å². The van der Waals surface area contributed by atoms with E-state index < -0.39 is 15.6 Å². The summed E-state index contributed by atoms with van der Waals surface area (Å²) in [6.45, 7) is 20.4. The monoisotopic (exact) mass is 650 g/mol. The van der Waals surface area contributed by atoms with Crippen LogP contribution in [0.1, 0.15) is 79.1 Å². The van der Waals surface area contributed by atoms with Crippen LogP contribution in [0.15, 0.2) is 23.2 Å². The molecule has 13 nitrogen and oxygen atoms in total. The van der Waals surface area contributed by atoms with Gasteiger partial charge in [-0.25, -0.2) is 8.88 Å². The van der Waals surface area contributed by atoms with Gasteiger partial charge in [0.2, 0.25) is 11.6 Å². The summed E-state index contributed by atoms with van der Waals surface area (Å²) in [6.07, 6.45) is 12.6. The zero-order chi connectivity index (χ0) is 32.3. The van der Waals surface area contributed by atoms with Gasteiger partial charge in [-0.1, -0.05) is 53.4 Å². The first-order valence-corrected chi connectivity index (χ1v) is 18.7. The van der Waals surface area contributed by atoms with E-state index >= 15 is 0 Å². The maximum absolute atomic E-state index is 12.4. The van der Waals surface area contributed by atoms with E-state index in [2.05, 4.69) is 32.0 Å². The molecular weight excluding hydrogens is 598 g/mol. The number of phosphoric acid groups is 2. The molecule has 0 aromatic carbocycles. The molecule has 0 spiro atoms. The summed E-state index contributed by atoms with van der Waals surface area (Å²) < 4.78 is 23.4. The van der Waals surface area contributed by atoms with Gasteiger partial charge in [-0.15, -0.1) is 0 Å². The highest BCUT2D eigenvalue weighted by Crippen LogP contribution is 2.51. The number of rotatable bonds is 17. The number of ketones is 2. The molecule has 1 unspecified atom stereocenters. The number of carbonyl (C=O) groups excluding carboxylic acids is 2. The largest absolute Gasteiger partial charge is 0.756 e. The summed E-state index contributed by atoms with van der Waals surface area (Å²) in [7, 11) is -10.4. The average Bonchev–Trinajstić information content (AvgIpc) is 3.75. The maximum atomic E-state index is 12.4. The number of allylic oxidation sites excluding steroid dienone is 1. The van der Waals surface area contributed by atoms with Gasteiger partial charge in [0.05, 0.1) is 31.9 Å². The summed E-state index contributed by atoms with van der Waals surface area (Å²) in [5.74, 6) is 0.0485. The highest BCUT2D eigenvalue weighted by molar-refractivity contribution is 7.59. The van der Waals surface area contributed by atoms with Crippen LogP contribution in [0.5, 0.6) is 0 Å². The Morgan fingerprint density at radius 2 is 1.09 bits per heavy atom. The maximum Gasteiger partial charge on any atom is 0.476 e. The zero-order valence-electron chi connectivity index (χ0n) is 26.3. The Morgan fingerprint density at radius 1 is 0.721 bits per heavy atom. The first-order chi connectivity index (χ1) is 20.2. The van der Waals surface area contributed by atoms with E-state index in [4.69, 9.17) is 14.7 Å². The smallest absolute Gasteiger partial charge is 0.476 e. The number of hydrogen-bond donors (Lipinski definition) is 3. The van der Waals surface area contributed by atoms with Crippen molar-refractivity contribution in [3.8, 4) is 0 Å². The fraction of sp³-hybridized carbons (Fsp3) is 0.786. The number of quaternary nitrogens is 1. The normalized spacial score (nSPS) is 19.3. The second-order valence-corrected chi connectivity index (χ2v) is 14.1. The molecule has 0 aromatic heterocycles. The molecular formula is C28H52N4O9P2. The van der Waals surface area contributed by atoms with Crippen LogP contribution in [0.2, 0.25) is 0 Å². The molecule has 248 valence electrons. The molecule has 0 radical (unpaired) electrons. The van der Waals surface area contributed by atoms with Crippen LogP contribution in [0.4, 0.5) is 0 Å². The van der Waals surface area contributed by atoms with Crippen LogP contribution in [0.25, 0.3) is 0 Å². The summed E-state index contributed by atoms with van der Waals surface area (Å²) in [6, 6.07) is 0. The van der Waals surface area contributed by atoms with Gasteiger partial charge in [0.15, 0.2) is 0 Å². The van der Waals surface area contributed by atoms with Crippen molar-refractivity contribution in [2.45, 2.75) is 79.1 Å². The number of carbonyl (C=O) groups is 2. The van der Waals surface area contributed by atoms with Crippen LogP contribution < -0.4 is 4.89 Å². The van der Waals surface area contributed by atoms with E-state index in [1.54, 1.807) is 0 Å². The summed E-state index contributed by atoms with van der Waals surface area (Å²) in [4.78, 5) is 63.0. The van der Waals surface area contributed by atoms with Crippen LogP contribution in [0.3, 0.4) is 0 Å². The fourth-order valence-electron chi connectivity index (χ4n) is 5.05. The van der Waals surface area contributed by atoms with E-state index in [9.17, 15) is 23.6 Å². The summed E-state index contributed by atoms with van der Waals surface area (Å²) >= 11 is 0. The van der Waals surface area contributed by atoms with E-state index in [0.717, 1.165) is 39.3 Å². The molecule has 3 saturated heterocycles. The Kier molecular flexibility index (Phi) is 15.1. The fourth-order valence-corrected chi connectivity index (χ4v) is 6.13. The number of hydrogen-bond acceptors (Lipinski definition) is 9. The number of unbranched alkanes of at least 4 members (excludes halogenated alkanes) is 4. The lowest BCUT2D eigenvalue weighted by Gasteiger charge is -2.39. The second-order valence-electron chi connectivity index (χ2n) is 11.6. The van der Waals surface area contributed by atoms with Crippen molar-refractivity contribution < 1.29 is 47.1 Å². The molecule has 0 aromatic rings. The molecule has 0 bridgehead atoms. The summed E-state index contributed by atoms with van der Waals surface area (Å²) in [5.41, 5.74) is 1.89. The highest BCUT2D eigenvalue weighted by Gasteiger charge is 2.43. The Labute approximate surface area is 256 Å². The van der Waals surface area contributed by atoms with Gasteiger partial charge in [0.25, 0.3) is 7.82 Å². The van der Waals surface area contributed by atoms with E-state index in [1.807, 2.05) is 14.7 Å². The lowest BCUT2D eigenvalue weighted by atomic mass is 10.0. The van der Waals surface area contributed by atoms with Crippen LogP contribution in [-0.2, 0) is 23.0 Å². The Hall–Kier alpha value is -1.56. The number of Topliss-reactive ketones (excluding diaryl/α,β-unsaturated/α-hetero) is 1. The van der Waals surface area contributed by atoms with Crippen molar-refractivity contribution in [1.29, 1.82) is 0 Å². The van der Waals surface area contributed by atoms with E-state index in [0.29, 0.717) is 17.1 Å². The lowest BCUT2D eigenvalue weighted by Crippen LogP contribution is -2.50. The predicted octanol–water partition coefficient (Wildman–Crippen LogP) is 2.74. The SMILES string of the molecule is CCCC[N+](CCCC)(CCCC)CCCC.O=C1C=C(N2CC2)C(=O)C(N2CC2)=C1N1CC1.O=P([O-])(O)OP(=O)(O)O. The molecule has 43 heavy (non-hydrogen) atoms. The van der Waals surface area contributed by atoms with Gasteiger partial charge in [-0.05, 0) is 25.7 Å². The minimum absolute atomic E-state index is 0.00546. The lowest BCUT2D eigenvalue weighted by molar-refractivity contribution is -0.929. The Bertz CT molecular complexity index is 1030. The Balaban J connectivity index is 0.000000238. The highest BCUT2D eigenvalue weighted by atomic mass is 31.3. The molecule has 3 N–H and O–H groups in total. The third-order valence-electron chi connectivity index (χ3n) is 7.64. The standard InChI is InChI=1S/C16H36N.C12H13N3O2.H4O7P2/c1-5-9-13-17(14-10-6-2,15-11-7-3)16-12-8-4;16-9-7-8(13-1-2-13)12(17)11(15-5-6-15)10(9)14-3-4-14;1-8(2,3)7-9(4,5)6/h5-16H2,1-4H3;7H,1-6H2;(H2,1,2,3)(H2,4,5,6)/q+1;;/p-1. The first-order valence-electron chi connectivity index (χ1n) is 15.7. The topological polar surface area (TPSA) is 170 Å². The minimum Gasteiger partial charge on any atom is -0.756 e. The van der Waals surface area contributed by atoms with Crippen LogP contribution in [0, 0.1) is 0 Å². The Morgan fingerprint density at radius 3 is 1.37 bits per heavy atom. The molecule has 3 fully saturated rings. The molecule has 3 heterocycles. The van der Waals surface area contributed by atoms with Gasteiger partial charge in [0.1, 0.15) is 11.4 Å². The van der Waals surface area contributed by atoms with Gasteiger partial charge < -0.3 is 38.8 Å².